The first-order chi connectivity index (χ1) is 10.9. The number of amides is 1. The first-order valence-electron chi connectivity index (χ1n) is 8.14. The second-order valence-corrected chi connectivity index (χ2v) is 9.72. The lowest BCUT2D eigenvalue weighted by Gasteiger charge is -2.34. The number of nitrogens with zero attached hydrogens (tertiary/aromatic N) is 1. The van der Waals surface area contributed by atoms with Crippen molar-refractivity contribution in [2.24, 2.45) is 5.92 Å². The molecule has 4 nitrogen and oxygen atoms in total. The number of rotatable bonds is 5. The van der Waals surface area contributed by atoms with E-state index in [-0.39, 0.29) is 29.4 Å². The number of halogens is 1. The van der Waals surface area contributed by atoms with E-state index in [2.05, 4.69) is 12.1 Å². The van der Waals surface area contributed by atoms with Crippen LogP contribution in [0.5, 0.6) is 0 Å². The molecule has 0 aromatic heterocycles. The molecule has 1 aromatic carbocycles. The molecule has 0 bridgehead atoms. The van der Waals surface area contributed by atoms with Crippen molar-refractivity contribution in [3.8, 4) is 0 Å². The molecular formula is C17H22ClNO3S. The minimum Gasteiger partial charge on any atom is -0.341 e. The van der Waals surface area contributed by atoms with Gasteiger partial charge in [-0.05, 0) is 18.4 Å². The Balaban J connectivity index is 1.75. The molecule has 1 aliphatic heterocycles. The summed E-state index contributed by atoms with van der Waals surface area (Å²) in [5, 5.41) is 0. The highest BCUT2D eigenvalue weighted by Gasteiger charge is 2.41. The Morgan fingerprint density at radius 3 is 2.43 bits per heavy atom. The van der Waals surface area contributed by atoms with Gasteiger partial charge in [0.2, 0.25) is 15.0 Å². The Kier molecular flexibility index (Phi) is 4.70. The van der Waals surface area contributed by atoms with Crippen molar-refractivity contribution in [2.45, 2.75) is 37.5 Å². The predicted molar refractivity (Wildman–Crippen MR) is 90.9 cm³/mol. The van der Waals surface area contributed by atoms with E-state index in [1.165, 1.54) is 18.4 Å². The van der Waals surface area contributed by atoms with Crippen LogP contribution in [0.15, 0.2) is 30.3 Å². The van der Waals surface area contributed by atoms with Crippen molar-refractivity contribution in [3.63, 3.8) is 0 Å². The summed E-state index contributed by atoms with van der Waals surface area (Å²) in [5.41, 5.74) is 1.31. The normalized spacial score (nSPS) is 24.3. The molecule has 1 unspecified atom stereocenters. The maximum absolute atomic E-state index is 12.3. The van der Waals surface area contributed by atoms with Gasteiger partial charge in [-0.2, -0.15) is 0 Å². The highest BCUT2D eigenvalue weighted by molar-refractivity contribution is 8.13. The molecule has 0 spiro atoms. The van der Waals surface area contributed by atoms with Gasteiger partial charge in [-0.3, -0.25) is 4.79 Å². The molecule has 6 heteroatoms. The van der Waals surface area contributed by atoms with Gasteiger partial charge in [0.05, 0.1) is 5.75 Å². The minimum absolute atomic E-state index is 0.0195. The molecule has 1 saturated carbocycles. The SMILES string of the molecule is O=C1CC(CS(=O)(=O)Cl)CN1CC1(c2ccccc2)CCCC1. The van der Waals surface area contributed by atoms with Crippen LogP contribution in [0.4, 0.5) is 0 Å². The predicted octanol–water partition coefficient (Wildman–Crippen LogP) is 2.92. The molecule has 1 atom stereocenters. The van der Waals surface area contributed by atoms with Crippen molar-refractivity contribution in [2.75, 3.05) is 18.8 Å². The van der Waals surface area contributed by atoms with Crippen LogP contribution >= 0.6 is 10.7 Å². The zero-order valence-corrected chi connectivity index (χ0v) is 14.7. The van der Waals surface area contributed by atoms with E-state index >= 15 is 0 Å². The molecule has 1 aliphatic carbocycles. The Bertz CT molecular complexity index is 668. The third kappa shape index (κ3) is 3.89. The van der Waals surface area contributed by atoms with Crippen LogP contribution in [-0.4, -0.2) is 38.1 Å². The zero-order chi connectivity index (χ0) is 16.5. The van der Waals surface area contributed by atoms with Gasteiger partial charge in [0.1, 0.15) is 0 Å². The molecule has 1 aromatic rings. The number of likely N-dealkylation sites (tertiary alicyclic amines) is 1. The highest BCUT2D eigenvalue weighted by atomic mass is 35.7. The summed E-state index contributed by atoms with van der Waals surface area (Å²) < 4.78 is 22.5. The third-order valence-corrected chi connectivity index (χ3v) is 6.42. The van der Waals surface area contributed by atoms with Crippen LogP contribution in [0.3, 0.4) is 0 Å². The molecule has 2 aliphatic rings. The molecular weight excluding hydrogens is 334 g/mol. The Hall–Kier alpha value is -1.07. The quantitative estimate of drug-likeness (QED) is 0.763. The maximum atomic E-state index is 12.3. The van der Waals surface area contributed by atoms with E-state index < -0.39 is 9.05 Å². The molecule has 1 saturated heterocycles. The number of hydrogen-bond donors (Lipinski definition) is 0. The fourth-order valence-corrected chi connectivity index (χ4v) is 5.47. The first-order valence-corrected chi connectivity index (χ1v) is 10.6. The Labute approximate surface area is 142 Å². The largest absolute Gasteiger partial charge is 0.341 e. The van der Waals surface area contributed by atoms with E-state index in [1.807, 2.05) is 23.1 Å². The number of benzene rings is 1. The summed E-state index contributed by atoms with van der Waals surface area (Å²) in [6, 6.07) is 10.4. The first kappa shape index (κ1) is 16.8. The zero-order valence-electron chi connectivity index (χ0n) is 13.1. The van der Waals surface area contributed by atoms with Gasteiger partial charge in [-0.25, -0.2) is 8.42 Å². The maximum Gasteiger partial charge on any atom is 0.232 e. The molecule has 2 fully saturated rings. The fraction of sp³-hybridized carbons (Fsp3) is 0.588. The van der Waals surface area contributed by atoms with Gasteiger partial charge >= 0.3 is 0 Å². The molecule has 0 N–H and O–H groups in total. The van der Waals surface area contributed by atoms with Crippen LogP contribution < -0.4 is 0 Å². The summed E-state index contributed by atoms with van der Waals surface area (Å²) in [5.74, 6) is -0.244. The molecule has 0 radical (unpaired) electrons. The standard InChI is InChI=1S/C17H22ClNO3S/c18-23(21,22)12-14-10-16(20)19(11-14)13-17(8-4-5-9-17)15-6-2-1-3-7-15/h1-3,6-7,14H,4-5,8-13H2. The number of carbonyl (C=O) groups excluding carboxylic acids is 1. The van der Waals surface area contributed by atoms with E-state index in [0.29, 0.717) is 13.1 Å². The van der Waals surface area contributed by atoms with Crippen molar-refractivity contribution < 1.29 is 13.2 Å². The van der Waals surface area contributed by atoms with E-state index in [4.69, 9.17) is 10.7 Å². The van der Waals surface area contributed by atoms with Crippen LogP contribution in [0.2, 0.25) is 0 Å². The summed E-state index contributed by atoms with van der Waals surface area (Å²) in [6.07, 6.45) is 4.81. The van der Waals surface area contributed by atoms with Crippen molar-refractivity contribution in [1.82, 2.24) is 4.90 Å². The van der Waals surface area contributed by atoms with Crippen molar-refractivity contribution >= 4 is 25.6 Å². The number of hydrogen-bond acceptors (Lipinski definition) is 3. The second-order valence-electron chi connectivity index (χ2n) is 6.90. The van der Waals surface area contributed by atoms with Crippen LogP contribution in [0, 0.1) is 5.92 Å². The summed E-state index contributed by atoms with van der Waals surface area (Å²) in [6.45, 7) is 1.19. The second kappa shape index (κ2) is 6.44. The lowest BCUT2D eigenvalue weighted by Crippen LogP contribution is -2.40. The van der Waals surface area contributed by atoms with Crippen molar-refractivity contribution in [3.05, 3.63) is 35.9 Å². The number of carbonyl (C=O) groups is 1. The minimum atomic E-state index is -3.56. The van der Waals surface area contributed by atoms with Crippen LogP contribution in [0.1, 0.15) is 37.7 Å². The average molecular weight is 356 g/mol. The smallest absolute Gasteiger partial charge is 0.232 e. The lowest BCUT2D eigenvalue weighted by atomic mass is 9.78. The molecule has 23 heavy (non-hydrogen) atoms. The van der Waals surface area contributed by atoms with E-state index in [0.717, 1.165) is 12.8 Å². The van der Waals surface area contributed by atoms with Crippen molar-refractivity contribution in [1.29, 1.82) is 0 Å². The topological polar surface area (TPSA) is 54.5 Å². The molecule has 1 amide bonds. The van der Waals surface area contributed by atoms with Gasteiger partial charge in [0, 0.05) is 41.5 Å². The van der Waals surface area contributed by atoms with Gasteiger partial charge in [0.15, 0.2) is 0 Å². The Morgan fingerprint density at radius 2 is 1.83 bits per heavy atom. The van der Waals surface area contributed by atoms with Gasteiger partial charge in [-0.15, -0.1) is 0 Å². The fourth-order valence-electron chi connectivity index (χ4n) is 4.15. The van der Waals surface area contributed by atoms with Gasteiger partial charge < -0.3 is 4.90 Å². The summed E-state index contributed by atoms with van der Waals surface area (Å²) >= 11 is 0. The monoisotopic (exact) mass is 355 g/mol. The Morgan fingerprint density at radius 1 is 1.17 bits per heavy atom. The van der Waals surface area contributed by atoms with E-state index in [9.17, 15) is 13.2 Å². The molecule has 126 valence electrons. The lowest BCUT2D eigenvalue weighted by molar-refractivity contribution is -0.128. The van der Waals surface area contributed by atoms with Gasteiger partial charge in [0.25, 0.3) is 0 Å². The highest BCUT2D eigenvalue weighted by Crippen LogP contribution is 2.42. The third-order valence-electron chi connectivity index (χ3n) is 5.17. The van der Waals surface area contributed by atoms with Crippen LogP contribution in [-0.2, 0) is 19.3 Å². The van der Waals surface area contributed by atoms with Gasteiger partial charge in [-0.1, -0.05) is 43.2 Å². The molecule has 1 heterocycles. The summed E-state index contributed by atoms with van der Waals surface area (Å²) in [7, 11) is 1.79. The summed E-state index contributed by atoms with van der Waals surface area (Å²) in [4.78, 5) is 14.2. The van der Waals surface area contributed by atoms with Crippen LogP contribution in [0.25, 0.3) is 0 Å². The molecule has 3 rings (SSSR count). The van der Waals surface area contributed by atoms with E-state index in [1.54, 1.807) is 0 Å². The average Bonchev–Trinajstić information content (AvgIpc) is 3.07.